The van der Waals surface area contributed by atoms with Gasteiger partial charge < -0.3 is 4.90 Å². The Morgan fingerprint density at radius 1 is 0.448 bits per heavy atom. The number of thiophene rings is 1. The minimum Gasteiger partial charge on any atom is -0.311 e. The average Bonchev–Trinajstić information content (AvgIpc) is 3.68. The topological polar surface area (TPSA) is 3.24 Å². The number of para-hydroxylation sites is 2. The van der Waals surface area contributed by atoms with Gasteiger partial charge in [-0.3, -0.25) is 0 Å². The Kier molecular flexibility index (Phi) is 10.3. The van der Waals surface area contributed by atoms with E-state index in [9.17, 15) is 0 Å². The van der Waals surface area contributed by atoms with E-state index in [0.29, 0.717) is 0 Å². The molecule has 0 amide bonds. The monoisotopic (exact) mass is 885 g/mol. The Labute approximate surface area is 402 Å². The van der Waals surface area contributed by atoms with Crippen LogP contribution in [0.2, 0.25) is 0 Å². The van der Waals surface area contributed by atoms with Gasteiger partial charge in [-0.25, -0.2) is 0 Å². The SMILES string of the molecule is Cc1cc(C)c(B(c2ccc3sc4ccc(-c5ccc(C67CC8CC(C6)CC(c6ccc(N(c9ccccc9)c9ccccc9)cc6)(C8)C7)cc5)cc4c3c2)c2c(C)cc(C)cc2C)c(C)c1. The van der Waals surface area contributed by atoms with Crippen LogP contribution in [0, 0.1) is 53.4 Å². The highest BCUT2D eigenvalue weighted by Gasteiger charge is 2.58. The molecule has 1 heterocycles. The lowest BCUT2D eigenvalue weighted by Crippen LogP contribution is -2.55. The van der Waals surface area contributed by atoms with Gasteiger partial charge in [0, 0.05) is 31.8 Å². The van der Waals surface area contributed by atoms with Crippen LogP contribution in [-0.4, -0.2) is 6.71 Å². The normalized spacial score (nSPS) is 20.7. The van der Waals surface area contributed by atoms with Gasteiger partial charge in [-0.1, -0.05) is 165 Å². The molecule has 4 aliphatic carbocycles. The molecule has 67 heavy (non-hydrogen) atoms. The molecule has 0 radical (unpaired) electrons. The molecule has 0 saturated heterocycles. The third-order valence-electron chi connectivity index (χ3n) is 16.5. The van der Waals surface area contributed by atoms with Crippen LogP contribution in [0.5, 0.6) is 0 Å². The molecule has 4 saturated carbocycles. The van der Waals surface area contributed by atoms with Gasteiger partial charge in [0.15, 0.2) is 0 Å². The molecule has 8 aromatic carbocycles. The van der Waals surface area contributed by atoms with Gasteiger partial charge in [-0.15, -0.1) is 11.3 Å². The standard InChI is InChI=1S/C64H60BNS/c1-41-29-43(3)61(44(4)30-41)65(62-45(5)31-42(2)32-46(62)6)53-24-28-60-58(35-53)57-34-50(19-27-59(57)67-60)49-17-20-51(21-18-49)63-36-47-33-48(37-63)39-64(38-47,40-63)52-22-25-56(26-23-52)66(54-13-9-7-10-14-54)55-15-11-8-12-16-55/h7-32,34-35,47-48H,33,36-40H2,1-6H3. The highest BCUT2D eigenvalue weighted by atomic mass is 32.1. The van der Waals surface area contributed by atoms with Crippen LogP contribution < -0.4 is 21.3 Å². The van der Waals surface area contributed by atoms with Gasteiger partial charge in [0.2, 0.25) is 6.71 Å². The van der Waals surface area contributed by atoms with Crippen molar-refractivity contribution < 1.29 is 0 Å². The zero-order valence-electron chi connectivity index (χ0n) is 40.0. The lowest BCUT2D eigenvalue weighted by Gasteiger charge is -2.63. The molecule has 13 rings (SSSR count). The van der Waals surface area contributed by atoms with E-state index in [4.69, 9.17) is 0 Å². The van der Waals surface area contributed by atoms with Crippen molar-refractivity contribution in [2.45, 2.75) is 90.9 Å². The van der Waals surface area contributed by atoms with E-state index in [2.05, 4.69) is 216 Å². The number of rotatable bonds is 9. The largest absolute Gasteiger partial charge is 0.311 e. The molecule has 9 aromatic rings. The molecule has 330 valence electrons. The molecule has 0 N–H and O–H groups in total. The number of hydrogen-bond donors (Lipinski definition) is 0. The first-order valence-electron chi connectivity index (χ1n) is 24.8. The molecule has 3 heteroatoms. The van der Waals surface area contributed by atoms with E-state index in [1.54, 1.807) is 11.1 Å². The summed E-state index contributed by atoms with van der Waals surface area (Å²) in [5.74, 6) is 1.59. The smallest absolute Gasteiger partial charge is 0.242 e. The van der Waals surface area contributed by atoms with Gasteiger partial charge in [0.05, 0.1) is 0 Å². The molecule has 4 bridgehead atoms. The zero-order chi connectivity index (χ0) is 45.6. The van der Waals surface area contributed by atoms with Crippen molar-refractivity contribution in [1.82, 2.24) is 0 Å². The lowest BCUT2D eigenvalue weighted by molar-refractivity contribution is -0.0281. The minimum absolute atomic E-state index is 0.156. The van der Waals surface area contributed by atoms with E-state index in [1.807, 2.05) is 11.3 Å². The van der Waals surface area contributed by atoms with Crippen LogP contribution in [0.15, 0.2) is 170 Å². The fraction of sp³-hybridized carbons (Fsp3) is 0.250. The predicted molar refractivity (Wildman–Crippen MR) is 290 cm³/mol. The first-order valence-corrected chi connectivity index (χ1v) is 25.6. The summed E-state index contributed by atoms with van der Waals surface area (Å²) in [6, 6.07) is 65.3. The highest BCUT2D eigenvalue weighted by Crippen LogP contribution is 2.66. The Hall–Kier alpha value is -6.16. The highest BCUT2D eigenvalue weighted by molar-refractivity contribution is 7.25. The van der Waals surface area contributed by atoms with Gasteiger partial charge in [-0.05, 0) is 185 Å². The molecule has 0 spiro atoms. The Balaban J connectivity index is 0.867. The zero-order valence-corrected chi connectivity index (χ0v) is 40.8. The molecule has 2 atom stereocenters. The molecule has 1 nitrogen and oxygen atoms in total. The Bertz CT molecular complexity index is 3170. The first-order chi connectivity index (χ1) is 32.5. The second kappa shape index (κ2) is 16.3. The van der Waals surface area contributed by atoms with Crippen molar-refractivity contribution in [1.29, 1.82) is 0 Å². The molecule has 1 aromatic heterocycles. The summed E-state index contributed by atoms with van der Waals surface area (Å²) in [5, 5.41) is 2.73. The molecule has 0 aliphatic heterocycles. The minimum atomic E-state index is 0.156. The quantitative estimate of drug-likeness (QED) is 0.131. The summed E-state index contributed by atoms with van der Waals surface area (Å²) >= 11 is 1.92. The summed E-state index contributed by atoms with van der Waals surface area (Å²) in [6.07, 6.45) is 7.98. The molecule has 2 unspecified atom stereocenters. The van der Waals surface area contributed by atoms with E-state index in [0.717, 1.165) is 11.8 Å². The van der Waals surface area contributed by atoms with Gasteiger partial charge in [-0.2, -0.15) is 0 Å². The molecule has 4 fully saturated rings. The maximum atomic E-state index is 2.53. The van der Waals surface area contributed by atoms with Crippen molar-refractivity contribution in [2.75, 3.05) is 4.90 Å². The molecular weight excluding hydrogens is 826 g/mol. The van der Waals surface area contributed by atoms with Crippen LogP contribution in [0.3, 0.4) is 0 Å². The Morgan fingerprint density at radius 3 is 1.39 bits per heavy atom. The van der Waals surface area contributed by atoms with Gasteiger partial charge in [0.25, 0.3) is 0 Å². The van der Waals surface area contributed by atoms with E-state index < -0.39 is 0 Å². The van der Waals surface area contributed by atoms with Gasteiger partial charge in [0.1, 0.15) is 0 Å². The van der Waals surface area contributed by atoms with Crippen molar-refractivity contribution in [3.8, 4) is 11.1 Å². The summed E-state index contributed by atoms with van der Waals surface area (Å²) in [5.41, 5.74) is 22.2. The number of anilines is 3. The first kappa shape index (κ1) is 42.2. The summed E-state index contributed by atoms with van der Waals surface area (Å²) in [6.45, 7) is 13.8. The van der Waals surface area contributed by atoms with E-state index in [1.165, 1.54) is 137 Å². The average molecular weight is 886 g/mol. The lowest BCUT2D eigenvalue weighted by atomic mass is 9.34. The van der Waals surface area contributed by atoms with Crippen LogP contribution in [-0.2, 0) is 10.8 Å². The van der Waals surface area contributed by atoms with Crippen LogP contribution >= 0.6 is 11.3 Å². The maximum Gasteiger partial charge on any atom is 0.242 e. The number of benzene rings is 8. The fourth-order valence-corrected chi connectivity index (χ4v) is 15.5. The molecule has 4 aliphatic rings. The fourth-order valence-electron chi connectivity index (χ4n) is 14.4. The van der Waals surface area contributed by atoms with Crippen LogP contribution in [0.4, 0.5) is 17.1 Å². The third kappa shape index (κ3) is 7.28. The summed E-state index contributed by atoms with van der Waals surface area (Å²) in [7, 11) is 0. The number of nitrogens with zero attached hydrogens (tertiary/aromatic N) is 1. The second-order valence-electron chi connectivity index (χ2n) is 21.3. The van der Waals surface area contributed by atoms with Crippen LogP contribution in [0.25, 0.3) is 31.3 Å². The number of aryl methyl sites for hydroxylation is 6. The maximum absolute atomic E-state index is 2.53. The number of hydrogen-bond acceptors (Lipinski definition) is 2. The van der Waals surface area contributed by atoms with Crippen molar-refractivity contribution in [2.24, 2.45) is 11.8 Å². The summed E-state index contributed by atoms with van der Waals surface area (Å²) in [4.78, 5) is 2.39. The van der Waals surface area contributed by atoms with E-state index >= 15 is 0 Å². The van der Waals surface area contributed by atoms with Crippen LogP contribution in [0.1, 0.15) is 83.0 Å². The molecular formula is C64H60BNS. The Morgan fingerprint density at radius 2 is 0.881 bits per heavy atom. The third-order valence-corrected chi connectivity index (χ3v) is 17.7. The van der Waals surface area contributed by atoms with Crippen molar-refractivity contribution in [3.05, 3.63) is 214 Å². The summed E-state index contributed by atoms with van der Waals surface area (Å²) < 4.78 is 2.71. The van der Waals surface area contributed by atoms with Gasteiger partial charge >= 0.3 is 0 Å². The number of fused-ring (bicyclic) bond motifs is 3. The van der Waals surface area contributed by atoms with Crippen molar-refractivity contribution >= 4 is 71.7 Å². The van der Waals surface area contributed by atoms with E-state index in [-0.39, 0.29) is 17.5 Å². The van der Waals surface area contributed by atoms with Crippen molar-refractivity contribution in [3.63, 3.8) is 0 Å². The predicted octanol–water partition coefficient (Wildman–Crippen LogP) is 15.3. The second-order valence-corrected chi connectivity index (χ2v) is 22.4.